The number of nitriles is 1. The van der Waals surface area contributed by atoms with Gasteiger partial charge in [-0.25, -0.2) is 0 Å². The fourth-order valence-electron chi connectivity index (χ4n) is 1.55. The standard InChI is InChI=1S/C13H11N3OS/c1-16(10-4-2-3-9(7-10)8-14)13(17)12-11(15)5-6-18-12/h2-7H,15H2,1H3. The minimum atomic E-state index is -0.169. The lowest BCUT2D eigenvalue weighted by molar-refractivity contribution is 0.0997. The Hall–Kier alpha value is -2.32. The smallest absolute Gasteiger partial charge is 0.270 e. The van der Waals surface area contributed by atoms with Gasteiger partial charge in [0.05, 0.1) is 17.3 Å². The fourth-order valence-corrected chi connectivity index (χ4v) is 2.34. The van der Waals surface area contributed by atoms with Crippen molar-refractivity contribution in [2.24, 2.45) is 0 Å². The van der Waals surface area contributed by atoms with Crippen LogP contribution in [-0.2, 0) is 0 Å². The molecule has 0 aliphatic carbocycles. The number of hydrogen-bond donors (Lipinski definition) is 1. The summed E-state index contributed by atoms with van der Waals surface area (Å²) in [6, 6.07) is 10.6. The van der Waals surface area contributed by atoms with E-state index in [1.165, 1.54) is 16.2 Å². The van der Waals surface area contributed by atoms with Gasteiger partial charge in [0.15, 0.2) is 0 Å². The molecule has 0 atom stereocenters. The van der Waals surface area contributed by atoms with Crippen LogP contribution < -0.4 is 10.6 Å². The second-order valence-electron chi connectivity index (χ2n) is 3.73. The van der Waals surface area contributed by atoms with Gasteiger partial charge in [0.2, 0.25) is 0 Å². The number of benzene rings is 1. The maximum Gasteiger partial charge on any atom is 0.270 e. The summed E-state index contributed by atoms with van der Waals surface area (Å²) in [6.07, 6.45) is 0. The molecule has 18 heavy (non-hydrogen) atoms. The number of nitrogens with zero attached hydrogens (tertiary/aromatic N) is 2. The summed E-state index contributed by atoms with van der Waals surface area (Å²) in [5, 5.41) is 10.6. The molecule has 0 radical (unpaired) electrons. The van der Waals surface area contributed by atoms with E-state index in [-0.39, 0.29) is 5.91 Å². The number of anilines is 2. The molecule has 0 saturated carbocycles. The van der Waals surface area contributed by atoms with Crippen molar-refractivity contribution >= 4 is 28.6 Å². The first-order valence-electron chi connectivity index (χ1n) is 5.24. The van der Waals surface area contributed by atoms with E-state index < -0.39 is 0 Å². The Kier molecular flexibility index (Phi) is 3.31. The molecule has 1 aromatic carbocycles. The molecular weight excluding hydrogens is 246 g/mol. The third-order valence-corrected chi connectivity index (χ3v) is 3.48. The van der Waals surface area contributed by atoms with Gasteiger partial charge >= 0.3 is 0 Å². The van der Waals surface area contributed by atoms with Crippen molar-refractivity contribution in [1.82, 2.24) is 0 Å². The van der Waals surface area contributed by atoms with E-state index in [1.807, 2.05) is 6.07 Å². The Balaban J connectivity index is 2.32. The Labute approximate surface area is 109 Å². The Morgan fingerprint density at radius 1 is 1.44 bits per heavy atom. The maximum absolute atomic E-state index is 12.2. The molecule has 5 heteroatoms. The average molecular weight is 257 g/mol. The molecule has 2 aromatic rings. The van der Waals surface area contributed by atoms with Gasteiger partial charge in [0, 0.05) is 12.7 Å². The number of carbonyl (C=O) groups is 1. The van der Waals surface area contributed by atoms with Crippen LogP contribution in [0.3, 0.4) is 0 Å². The van der Waals surface area contributed by atoms with Gasteiger partial charge in [-0.2, -0.15) is 5.26 Å². The second-order valence-corrected chi connectivity index (χ2v) is 4.65. The van der Waals surface area contributed by atoms with Crippen LogP contribution in [-0.4, -0.2) is 13.0 Å². The second kappa shape index (κ2) is 4.90. The van der Waals surface area contributed by atoms with Crippen molar-refractivity contribution < 1.29 is 4.79 Å². The van der Waals surface area contributed by atoms with Gasteiger partial charge in [-0.1, -0.05) is 6.07 Å². The lowest BCUT2D eigenvalue weighted by Crippen LogP contribution is -2.26. The van der Waals surface area contributed by atoms with Crippen LogP contribution in [0.2, 0.25) is 0 Å². The summed E-state index contributed by atoms with van der Waals surface area (Å²) >= 11 is 1.31. The van der Waals surface area contributed by atoms with Crippen LogP contribution in [0.15, 0.2) is 35.7 Å². The highest BCUT2D eigenvalue weighted by Crippen LogP contribution is 2.23. The summed E-state index contributed by atoms with van der Waals surface area (Å²) in [4.78, 5) is 14.2. The number of nitrogens with two attached hydrogens (primary N) is 1. The molecule has 0 unspecified atom stereocenters. The first kappa shape index (κ1) is 12.1. The van der Waals surface area contributed by atoms with Gasteiger partial charge in [0.25, 0.3) is 5.91 Å². The summed E-state index contributed by atoms with van der Waals surface area (Å²) in [5.41, 5.74) is 7.40. The van der Waals surface area contributed by atoms with Crippen molar-refractivity contribution in [2.45, 2.75) is 0 Å². The molecule has 1 aromatic heterocycles. The zero-order valence-corrected chi connectivity index (χ0v) is 10.6. The van der Waals surface area contributed by atoms with E-state index in [0.29, 0.717) is 21.8 Å². The van der Waals surface area contributed by atoms with E-state index in [0.717, 1.165) is 0 Å². The molecule has 0 aliphatic heterocycles. The van der Waals surface area contributed by atoms with Crippen molar-refractivity contribution in [2.75, 3.05) is 17.7 Å². The highest BCUT2D eigenvalue weighted by atomic mass is 32.1. The Morgan fingerprint density at radius 3 is 2.83 bits per heavy atom. The fraction of sp³-hybridized carbons (Fsp3) is 0.0769. The molecule has 4 nitrogen and oxygen atoms in total. The number of thiophene rings is 1. The Morgan fingerprint density at radius 2 is 2.22 bits per heavy atom. The normalized spacial score (nSPS) is 9.78. The molecule has 0 saturated heterocycles. The molecule has 2 N–H and O–H groups in total. The quantitative estimate of drug-likeness (QED) is 0.898. The van der Waals surface area contributed by atoms with Gasteiger partial charge < -0.3 is 10.6 Å². The monoisotopic (exact) mass is 257 g/mol. The summed E-state index contributed by atoms with van der Waals surface area (Å²) in [5.74, 6) is -0.169. The summed E-state index contributed by atoms with van der Waals surface area (Å²) in [7, 11) is 1.66. The molecule has 0 fully saturated rings. The highest BCUT2D eigenvalue weighted by Gasteiger charge is 2.17. The number of nitrogen functional groups attached to an aromatic ring is 1. The molecule has 1 amide bonds. The van der Waals surface area contributed by atoms with Gasteiger partial charge in [-0.05, 0) is 29.6 Å². The zero-order valence-electron chi connectivity index (χ0n) is 9.75. The summed E-state index contributed by atoms with van der Waals surface area (Å²) in [6.45, 7) is 0. The van der Waals surface area contributed by atoms with E-state index in [9.17, 15) is 4.79 Å². The van der Waals surface area contributed by atoms with E-state index >= 15 is 0 Å². The lowest BCUT2D eigenvalue weighted by Gasteiger charge is -2.17. The number of carbonyl (C=O) groups excluding carboxylic acids is 1. The molecule has 1 heterocycles. The first-order valence-corrected chi connectivity index (χ1v) is 6.12. The van der Waals surface area contributed by atoms with Gasteiger partial charge in [-0.3, -0.25) is 4.79 Å². The molecular formula is C13H11N3OS. The predicted molar refractivity (Wildman–Crippen MR) is 72.6 cm³/mol. The van der Waals surface area contributed by atoms with Crippen LogP contribution in [0.5, 0.6) is 0 Å². The van der Waals surface area contributed by atoms with Crippen molar-refractivity contribution in [3.63, 3.8) is 0 Å². The summed E-state index contributed by atoms with van der Waals surface area (Å²) < 4.78 is 0. The largest absolute Gasteiger partial charge is 0.397 e. The maximum atomic E-state index is 12.2. The number of hydrogen-bond acceptors (Lipinski definition) is 4. The van der Waals surface area contributed by atoms with E-state index in [4.69, 9.17) is 11.0 Å². The van der Waals surface area contributed by atoms with Crippen molar-refractivity contribution in [1.29, 1.82) is 5.26 Å². The SMILES string of the molecule is CN(C(=O)c1sccc1N)c1cccc(C#N)c1. The van der Waals surface area contributed by atoms with Crippen LogP contribution >= 0.6 is 11.3 Å². The van der Waals surface area contributed by atoms with Crippen molar-refractivity contribution in [3.05, 3.63) is 46.2 Å². The lowest BCUT2D eigenvalue weighted by atomic mass is 10.2. The van der Waals surface area contributed by atoms with Crippen molar-refractivity contribution in [3.8, 4) is 6.07 Å². The molecule has 0 bridgehead atoms. The van der Waals surface area contributed by atoms with Crippen LogP contribution in [0, 0.1) is 11.3 Å². The molecule has 0 aliphatic rings. The third-order valence-electron chi connectivity index (χ3n) is 2.56. The minimum absolute atomic E-state index is 0.169. The zero-order chi connectivity index (χ0) is 13.1. The predicted octanol–water partition coefficient (Wildman–Crippen LogP) is 2.48. The molecule has 90 valence electrons. The van der Waals surface area contributed by atoms with Crippen LogP contribution in [0.4, 0.5) is 11.4 Å². The third kappa shape index (κ3) is 2.19. The highest BCUT2D eigenvalue weighted by molar-refractivity contribution is 7.12. The topological polar surface area (TPSA) is 70.1 Å². The Bertz CT molecular complexity index is 627. The van der Waals surface area contributed by atoms with Crippen LogP contribution in [0.25, 0.3) is 0 Å². The van der Waals surface area contributed by atoms with E-state index in [2.05, 4.69) is 0 Å². The van der Waals surface area contributed by atoms with E-state index in [1.54, 1.807) is 42.8 Å². The molecule has 0 spiro atoms. The van der Waals surface area contributed by atoms with Gasteiger partial charge in [0.1, 0.15) is 4.88 Å². The number of rotatable bonds is 2. The van der Waals surface area contributed by atoms with Gasteiger partial charge in [-0.15, -0.1) is 11.3 Å². The molecule has 2 rings (SSSR count). The number of amides is 1. The first-order chi connectivity index (χ1) is 8.63. The van der Waals surface area contributed by atoms with Crippen LogP contribution in [0.1, 0.15) is 15.2 Å². The minimum Gasteiger partial charge on any atom is -0.397 e. The average Bonchev–Trinajstić information content (AvgIpc) is 2.83.